The van der Waals surface area contributed by atoms with Gasteiger partial charge in [-0.3, -0.25) is 0 Å². The van der Waals surface area contributed by atoms with E-state index in [2.05, 4.69) is 6.92 Å². The number of epoxide rings is 4. The third-order valence-electron chi connectivity index (χ3n) is 6.81. The molecule has 0 radical (unpaired) electrons. The molecule has 4 unspecified atom stereocenters. The first-order chi connectivity index (χ1) is 15.6. The highest BCUT2D eigenvalue weighted by atomic mass is 16.6. The minimum Gasteiger partial charge on any atom is -0.456 e. The topological polar surface area (TPSA) is 111 Å². The summed E-state index contributed by atoms with van der Waals surface area (Å²) in [4.78, 5) is 0. The van der Waals surface area contributed by atoms with Gasteiger partial charge in [0.2, 0.25) is 0 Å². The smallest absolute Gasteiger partial charge is 0.136 e. The number of anilines is 2. The zero-order chi connectivity index (χ0) is 21.8. The third kappa shape index (κ3) is 4.30. The molecule has 0 spiro atoms. The van der Waals surface area contributed by atoms with Gasteiger partial charge in [0.05, 0.1) is 50.8 Å². The summed E-state index contributed by atoms with van der Waals surface area (Å²) in [5, 5.41) is 0. The summed E-state index contributed by atoms with van der Waals surface area (Å²) in [5.74, 6) is 1.62. The summed E-state index contributed by atoms with van der Waals surface area (Å²) < 4.78 is 29.0. The fourth-order valence-corrected chi connectivity index (χ4v) is 4.54. The molecule has 0 saturated carbocycles. The molecule has 0 bridgehead atoms. The van der Waals surface area contributed by atoms with Crippen LogP contribution in [0.1, 0.15) is 27.8 Å². The van der Waals surface area contributed by atoms with Gasteiger partial charge in [-0.15, -0.1) is 0 Å². The van der Waals surface area contributed by atoms with Gasteiger partial charge in [0.25, 0.3) is 0 Å². The largest absolute Gasteiger partial charge is 0.456 e. The lowest BCUT2D eigenvalue weighted by Gasteiger charge is -2.24. The van der Waals surface area contributed by atoms with Gasteiger partial charge in [-0.05, 0) is 30.2 Å². The Morgan fingerprint density at radius 2 is 1.25 bits per heavy atom. The van der Waals surface area contributed by atoms with Crippen LogP contribution in [-0.2, 0) is 44.6 Å². The van der Waals surface area contributed by atoms with E-state index >= 15 is 0 Å². The SMILES string of the molecule is Cc1c(N)c(CC2CO2)c(Oc2cccc(N)c2CC2CO2)c(CC2CO2)c1CC1CO1. The molecule has 2 aromatic carbocycles. The molecule has 32 heavy (non-hydrogen) atoms. The molecule has 4 aliphatic rings. The molecule has 4 atom stereocenters. The van der Waals surface area contributed by atoms with Crippen LogP contribution in [0.25, 0.3) is 0 Å². The first-order valence-corrected chi connectivity index (χ1v) is 11.5. The van der Waals surface area contributed by atoms with E-state index in [1.165, 1.54) is 11.1 Å². The minimum atomic E-state index is 0.196. The first-order valence-electron chi connectivity index (χ1n) is 11.5. The molecule has 4 saturated heterocycles. The third-order valence-corrected chi connectivity index (χ3v) is 6.81. The van der Waals surface area contributed by atoms with E-state index in [0.717, 1.165) is 91.7 Å². The molecule has 7 nitrogen and oxygen atoms in total. The molecular formula is C25H30N2O5. The van der Waals surface area contributed by atoms with Crippen molar-refractivity contribution in [2.45, 2.75) is 57.0 Å². The monoisotopic (exact) mass is 438 g/mol. The summed E-state index contributed by atoms with van der Waals surface area (Å²) in [5.41, 5.74) is 20.2. The summed E-state index contributed by atoms with van der Waals surface area (Å²) in [6, 6.07) is 5.84. The van der Waals surface area contributed by atoms with Crippen molar-refractivity contribution in [3.8, 4) is 11.5 Å². The van der Waals surface area contributed by atoms with E-state index in [9.17, 15) is 0 Å². The Kier molecular flexibility index (Phi) is 5.02. The summed E-state index contributed by atoms with van der Waals surface area (Å²) in [6.45, 7) is 5.23. The van der Waals surface area contributed by atoms with Crippen molar-refractivity contribution in [2.24, 2.45) is 0 Å². The van der Waals surface area contributed by atoms with Gasteiger partial charge in [-0.1, -0.05) is 6.07 Å². The Labute approximate surface area is 187 Å². The Bertz CT molecular complexity index is 1040. The van der Waals surface area contributed by atoms with E-state index in [1.54, 1.807) is 0 Å². The van der Waals surface area contributed by atoms with Crippen LogP contribution in [0, 0.1) is 6.92 Å². The minimum absolute atomic E-state index is 0.196. The van der Waals surface area contributed by atoms with Crippen LogP contribution in [0.15, 0.2) is 18.2 Å². The quantitative estimate of drug-likeness (QED) is 0.433. The number of nitrogens with two attached hydrogens (primary N) is 2. The van der Waals surface area contributed by atoms with Crippen molar-refractivity contribution < 1.29 is 23.7 Å². The van der Waals surface area contributed by atoms with E-state index in [4.69, 9.17) is 35.2 Å². The first kappa shape index (κ1) is 20.3. The number of benzene rings is 2. The second-order valence-electron chi connectivity index (χ2n) is 9.37. The van der Waals surface area contributed by atoms with Crippen LogP contribution in [-0.4, -0.2) is 50.8 Å². The van der Waals surface area contributed by atoms with Crippen LogP contribution >= 0.6 is 0 Å². The Morgan fingerprint density at radius 1 is 0.750 bits per heavy atom. The van der Waals surface area contributed by atoms with Gasteiger partial charge in [-0.2, -0.15) is 0 Å². The van der Waals surface area contributed by atoms with Crippen molar-refractivity contribution in [3.05, 3.63) is 46.0 Å². The van der Waals surface area contributed by atoms with Crippen molar-refractivity contribution >= 4 is 11.4 Å². The highest BCUT2D eigenvalue weighted by molar-refractivity contribution is 5.68. The molecule has 6 rings (SSSR count). The lowest BCUT2D eigenvalue weighted by Crippen LogP contribution is -2.14. The molecule has 4 N–H and O–H groups in total. The van der Waals surface area contributed by atoms with E-state index in [0.29, 0.717) is 0 Å². The zero-order valence-electron chi connectivity index (χ0n) is 18.4. The predicted molar refractivity (Wildman–Crippen MR) is 120 cm³/mol. The lowest BCUT2D eigenvalue weighted by molar-refractivity contribution is 0.390. The average molecular weight is 439 g/mol. The molecule has 0 amide bonds. The predicted octanol–water partition coefficient (Wildman–Crippen LogP) is 2.72. The standard InChI is InChI=1S/C25H30N2O5/c1-13-18(5-14-9-28-14)19(6-15-10-29-15)25(21(24(13)27)8-17-12-31-17)32-23-4-2-3-22(26)20(23)7-16-11-30-16/h2-4,14-17H,5-12,26-27H2,1H3. The summed E-state index contributed by atoms with van der Waals surface area (Å²) in [7, 11) is 0. The van der Waals surface area contributed by atoms with Gasteiger partial charge < -0.3 is 35.2 Å². The van der Waals surface area contributed by atoms with Crippen LogP contribution in [0.4, 0.5) is 11.4 Å². The second kappa shape index (κ2) is 7.92. The van der Waals surface area contributed by atoms with Crippen LogP contribution in [0.2, 0.25) is 0 Å². The maximum absolute atomic E-state index is 6.75. The van der Waals surface area contributed by atoms with Crippen LogP contribution in [0.3, 0.4) is 0 Å². The molecule has 4 heterocycles. The van der Waals surface area contributed by atoms with Gasteiger partial charge in [0.1, 0.15) is 11.5 Å². The Hall–Kier alpha value is -2.32. The molecule has 7 heteroatoms. The molecule has 2 aromatic rings. The van der Waals surface area contributed by atoms with Crippen LogP contribution < -0.4 is 16.2 Å². The number of hydrogen-bond donors (Lipinski definition) is 2. The Balaban J connectivity index is 1.46. The summed E-state index contributed by atoms with van der Waals surface area (Å²) >= 11 is 0. The van der Waals surface area contributed by atoms with Crippen molar-refractivity contribution in [1.82, 2.24) is 0 Å². The fourth-order valence-electron chi connectivity index (χ4n) is 4.54. The highest BCUT2D eigenvalue weighted by Crippen LogP contribution is 2.44. The van der Waals surface area contributed by atoms with Gasteiger partial charge >= 0.3 is 0 Å². The number of nitrogen functional groups attached to an aromatic ring is 2. The van der Waals surface area contributed by atoms with Crippen molar-refractivity contribution in [1.29, 1.82) is 0 Å². The maximum Gasteiger partial charge on any atom is 0.136 e. The number of hydrogen-bond acceptors (Lipinski definition) is 7. The van der Waals surface area contributed by atoms with E-state index in [-0.39, 0.29) is 24.4 Å². The van der Waals surface area contributed by atoms with Crippen molar-refractivity contribution in [2.75, 3.05) is 37.9 Å². The lowest BCUT2D eigenvalue weighted by atomic mass is 9.88. The number of rotatable bonds is 10. The molecule has 0 aliphatic carbocycles. The highest BCUT2D eigenvalue weighted by Gasteiger charge is 2.35. The molecule has 4 fully saturated rings. The second-order valence-corrected chi connectivity index (χ2v) is 9.37. The molecular weight excluding hydrogens is 408 g/mol. The van der Waals surface area contributed by atoms with Gasteiger partial charge in [0, 0.05) is 53.7 Å². The van der Waals surface area contributed by atoms with Crippen LogP contribution in [0.5, 0.6) is 11.5 Å². The summed E-state index contributed by atoms with van der Waals surface area (Å²) in [6.07, 6.45) is 4.03. The average Bonchev–Trinajstić information content (AvgIpc) is 3.62. The number of ether oxygens (including phenoxy) is 5. The Morgan fingerprint density at radius 3 is 1.81 bits per heavy atom. The molecule has 170 valence electrons. The van der Waals surface area contributed by atoms with Gasteiger partial charge in [-0.25, -0.2) is 0 Å². The molecule has 0 aromatic heterocycles. The maximum atomic E-state index is 6.75. The fraction of sp³-hybridized carbons (Fsp3) is 0.520. The molecule has 4 aliphatic heterocycles. The normalized spacial score (nSPS) is 27.3. The van der Waals surface area contributed by atoms with Crippen molar-refractivity contribution in [3.63, 3.8) is 0 Å². The zero-order valence-corrected chi connectivity index (χ0v) is 18.4. The van der Waals surface area contributed by atoms with Gasteiger partial charge in [0.15, 0.2) is 0 Å². The van der Waals surface area contributed by atoms with E-state index < -0.39 is 0 Å². The van der Waals surface area contributed by atoms with E-state index in [1.807, 2.05) is 18.2 Å².